The first-order valence-corrected chi connectivity index (χ1v) is 8.51. The fraction of sp³-hybridized carbons (Fsp3) is 0.200. The molecule has 6 heteroatoms. The predicted octanol–water partition coefficient (Wildman–Crippen LogP) is 3.45. The maximum atomic E-state index is 12.2. The molecule has 1 heterocycles. The van der Waals surface area contributed by atoms with E-state index in [0.717, 1.165) is 46.5 Å². The Bertz CT molecular complexity index is 1030. The maximum absolute atomic E-state index is 12.2. The Balaban J connectivity index is 1.92. The normalized spacial score (nSPS) is 12.2. The molecule has 0 saturated heterocycles. The SMILES string of the molecule is CCOc1cccc2c1CCc1c(-c3cccc(OO)c3)nc(=O)[nH]c1-2. The first-order valence-electron chi connectivity index (χ1n) is 8.51. The van der Waals surface area contributed by atoms with Crippen molar-refractivity contribution in [2.24, 2.45) is 0 Å². The van der Waals surface area contributed by atoms with E-state index in [9.17, 15) is 4.79 Å². The van der Waals surface area contributed by atoms with Crippen LogP contribution in [0.3, 0.4) is 0 Å². The molecule has 1 aliphatic rings. The zero-order valence-electron chi connectivity index (χ0n) is 14.3. The molecule has 0 aliphatic heterocycles. The molecule has 0 fully saturated rings. The zero-order chi connectivity index (χ0) is 18.1. The van der Waals surface area contributed by atoms with Crippen molar-refractivity contribution in [2.45, 2.75) is 19.8 Å². The number of nitrogens with zero attached hydrogens (tertiary/aromatic N) is 1. The van der Waals surface area contributed by atoms with Crippen LogP contribution in [0.1, 0.15) is 18.1 Å². The number of hydrogen-bond donors (Lipinski definition) is 2. The monoisotopic (exact) mass is 350 g/mol. The molecule has 0 radical (unpaired) electrons. The average molecular weight is 350 g/mol. The van der Waals surface area contributed by atoms with Crippen LogP contribution in [-0.4, -0.2) is 21.8 Å². The van der Waals surface area contributed by atoms with Crippen molar-refractivity contribution in [2.75, 3.05) is 6.61 Å². The van der Waals surface area contributed by atoms with E-state index in [-0.39, 0.29) is 0 Å². The minimum absolute atomic E-state index is 0.299. The van der Waals surface area contributed by atoms with Gasteiger partial charge in [0.25, 0.3) is 0 Å². The Kier molecular flexibility index (Phi) is 4.18. The highest BCUT2D eigenvalue weighted by Crippen LogP contribution is 2.39. The number of benzene rings is 2. The molecule has 2 aromatic carbocycles. The van der Waals surface area contributed by atoms with Gasteiger partial charge in [0, 0.05) is 22.3 Å². The molecule has 1 aliphatic carbocycles. The van der Waals surface area contributed by atoms with Crippen molar-refractivity contribution in [1.82, 2.24) is 9.97 Å². The van der Waals surface area contributed by atoms with Gasteiger partial charge in [-0.3, -0.25) is 0 Å². The summed E-state index contributed by atoms with van der Waals surface area (Å²) in [5, 5.41) is 8.91. The first-order chi connectivity index (χ1) is 12.7. The van der Waals surface area contributed by atoms with E-state index < -0.39 is 5.69 Å². The highest BCUT2D eigenvalue weighted by molar-refractivity contribution is 5.78. The number of aromatic nitrogens is 2. The lowest BCUT2D eigenvalue weighted by atomic mass is 9.86. The number of H-pyrrole nitrogens is 1. The minimum Gasteiger partial charge on any atom is -0.494 e. The molecule has 132 valence electrons. The second kappa shape index (κ2) is 6.65. The van der Waals surface area contributed by atoms with Gasteiger partial charge >= 0.3 is 5.69 Å². The largest absolute Gasteiger partial charge is 0.494 e. The van der Waals surface area contributed by atoms with E-state index in [4.69, 9.17) is 9.99 Å². The van der Waals surface area contributed by atoms with Gasteiger partial charge in [0.15, 0.2) is 5.75 Å². The Morgan fingerprint density at radius 2 is 1.96 bits per heavy atom. The number of nitrogens with one attached hydrogen (secondary N) is 1. The quantitative estimate of drug-likeness (QED) is 0.556. The van der Waals surface area contributed by atoms with Crippen LogP contribution in [0.4, 0.5) is 0 Å². The van der Waals surface area contributed by atoms with Crippen LogP contribution in [0.15, 0.2) is 47.3 Å². The van der Waals surface area contributed by atoms with E-state index in [1.807, 2.05) is 31.2 Å². The minimum atomic E-state index is -0.413. The average Bonchev–Trinajstić information content (AvgIpc) is 2.67. The Hall–Kier alpha value is -3.12. The fourth-order valence-corrected chi connectivity index (χ4v) is 3.51. The first kappa shape index (κ1) is 16.4. The van der Waals surface area contributed by atoms with Gasteiger partial charge in [-0.1, -0.05) is 24.3 Å². The Morgan fingerprint density at radius 1 is 1.15 bits per heavy atom. The number of rotatable bonds is 4. The van der Waals surface area contributed by atoms with Gasteiger partial charge < -0.3 is 14.6 Å². The Morgan fingerprint density at radius 3 is 2.77 bits per heavy atom. The van der Waals surface area contributed by atoms with Crippen LogP contribution >= 0.6 is 0 Å². The predicted molar refractivity (Wildman–Crippen MR) is 97.6 cm³/mol. The number of aromatic amines is 1. The topological polar surface area (TPSA) is 84.4 Å². The highest BCUT2D eigenvalue weighted by atomic mass is 17.1. The number of ether oxygens (including phenoxy) is 1. The van der Waals surface area contributed by atoms with E-state index in [2.05, 4.69) is 14.9 Å². The summed E-state index contributed by atoms with van der Waals surface area (Å²) < 4.78 is 5.74. The molecule has 0 atom stereocenters. The van der Waals surface area contributed by atoms with E-state index in [1.54, 1.807) is 18.2 Å². The summed E-state index contributed by atoms with van der Waals surface area (Å²) in [4.78, 5) is 23.6. The van der Waals surface area contributed by atoms with Crippen LogP contribution in [0.2, 0.25) is 0 Å². The van der Waals surface area contributed by atoms with Gasteiger partial charge in [0.1, 0.15) is 5.75 Å². The van der Waals surface area contributed by atoms with Gasteiger partial charge in [-0.05, 0) is 38.0 Å². The molecule has 0 saturated carbocycles. The van der Waals surface area contributed by atoms with Gasteiger partial charge in [-0.25, -0.2) is 10.1 Å². The lowest BCUT2D eigenvalue weighted by molar-refractivity contribution is -0.137. The molecule has 0 unspecified atom stereocenters. The smallest absolute Gasteiger partial charge is 0.345 e. The highest BCUT2D eigenvalue weighted by Gasteiger charge is 2.24. The maximum Gasteiger partial charge on any atom is 0.345 e. The molecule has 0 amide bonds. The zero-order valence-corrected chi connectivity index (χ0v) is 14.3. The third-order valence-corrected chi connectivity index (χ3v) is 4.57. The third kappa shape index (κ3) is 2.74. The van der Waals surface area contributed by atoms with Gasteiger partial charge in [-0.2, -0.15) is 4.98 Å². The molecule has 0 bridgehead atoms. The van der Waals surface area contributed by atoms with E-state index in [0.29, 0.717) is 18.1 Å². The number of fused-ring (bicyclic) bond motifs is 3. The van der Waals surface area contributed by atoms with Crippen molar-refractivity contribution >= 4 is 0 Å². The fourth-order valence-electron chi connectivity index (χ4n) is 3.51. The van der Waals surface area contributed by atoms with Gasteiger partial charge in [0.2, 0.25) is 0 Å². The van der Waals surface area contributed by atoms with Crippen molar-refractivity contribution in [3.05, 3.63) is 64.1 Å². The van der Waals surface area contributed by atoms with Gasteiger partial charge in [0.05, 0.1) is 18.0 Å². The molecular weight excluding hydrogens is 332 g/mol. The van der Waals surface area contributed by atoms with Crippen LogP contribution in [0, 0.1) is 0 Å². The molecule has 3 aromatic rings. The van der Waals surface area contributed by atoms with Crippen LogP contribution in [0.5, 0.6) is 11.5 Å². The van der Waals surface area contributed by atoms with Crippen molar-refractivity contribution < 1.29 is 14.9 Å². The summed E-state index contributed by atoms with van der Waals surface area (Å²) >= 11 is 0. The molecule has 0 spiro atoms. The van der Waals surface area contributed by atoms with Crippen LogP contribution < -0.4 is 15.3 Å². The lowest BCUT2D eigenvalue weighted by Gasteiger charge is -2.23. The Labute approximate surface area is 150 Å². The summed E-state index contributed by atoms with van der Waals surface area (Å²) in [7, 11) is 0. The molecule has 26 heavy (non-hydrogen) atoms. The lowest BCUT2D eigenvalue weighted by Crippen LogP contribution is -2.19. The number of hydrogen-bond acceptors (Lipinski definition) is 5. The van der Waals surface area contributed by atoms with E-state index >= 15 is 0 Å². The molecule has 6 nitrogen and oxygen atoms in total. The van der Waals surface area contributed by atoms with Crippen molar-refractivity contribution in [3.63, 3.8) is 0 Å². The van der Waals surface area contributed by atoms with E-state index in [1.165, 1.54) is 0 Å². The van der Waals surface area contributed by atoms with Gasteiger partial charge in [-0.15, -0.1) is 0 Å². The van der Waals surface area contributed by atoms with Crippen molar-refractivity contribution in [1.29, 1.82) is 0 Å². The second-order valence-electron chi connectivity index (χ2n) is 6.08. The summed E-state index contributed by atoms with van der Waals surface area (Å²) in [5.41, 5.74) is 4.73. The molecule has 1 aromatic heterocycles. The summed E-state index contributed by atoms with van der Waals surface area (Å²) in [5.74, 6) is 1.15. The summed E-state index contributed by atoms with van der Waals surface area (Å²) in [6.07, 6.45) is 1.53. The molecule has 2 N–H and O–H groups in total. The molecular formula is C20H18N2O4. The van der Waals surface area contributed by atoms with Crippen molar-refractivity contribution in [3.8, 4) is 34.0 Å². The summed E-state index contributed by atoms with van der Waals surface area (Å²) in [6.45, 7) is 2.55. The second-order valence-corrected chi connectivity index (χ2v) is 6.08. The summed E-state index contributed by atoms with van der Waals surface area (Å²) in [6, 6.07) is 12.8. The third-order valence-electron chi connectivity index (χ3n) is 4.57. The van der Waals surface area contributed by atoms with Crippen LogP contribution in [-0.2, 0) is 12.8 Å². The molecule has 4 rings (SSSR count). The standard InChI is InChI=1S/C20H18N2O4/c1-2-25-17-8-4-7-15-14(17)9-10-16-18(21-20(23)22-19(15)16)12-5-3-6-13(11-12)26-24/h3-8,11,24H,2,9-10H2,1H3,(H,21,22,23). The van der Waals surface area contributed by atoms with Crippen LogP contribution in [0.25, 0.3) is 22.5 Å².